The Balaban J connectivity index is 2.07. The van der Waals surface area contributed by atoms with E-state index in [1.165, 1.54) is 6.33 Å². The highest BCUT2D eigenvalue weighted by Crippen LogP contribution is 2.35. The molecule has 0 spiro atoms. The first-order valence-corrected chi connectivity index (χ1v) is 7.51. The van der Waals surface area contributed by atoms with Gasteiger partial charge in [0.25, 0.3) is 0 Å². The quantitative estimate of drug-likeness (QED) is 0.878. The van der Waals surface area contributed by atoms with Gasteiger partial charge in [0.2, 0.25) is 11.9 Å². The molecule has 7 heteroatoms. The summed E-state index contributed by atoms with van der Waals surface area (Å²) in [6, 6.07) is 7.20. The van der Waals surface area contributed by atoms with Crippen molar-refractivity contribution in [1.82, 2.24) is 14.8 Å². The maximum Gasteiger partial charge on any atom is 0.248 e. The Labute approximate surface area is 134 Å². The number of hydrogen-bond donors (Lipinski definition) is 2. The third-order valence-corrected chi connectivity index (χ3v) is 3.71. The van der Waals surface area contributed by atoms with Gasteiger partial charge in [-0.15, -0.1) is 0 Å². The Hall–Kier alpha value is -2.83. The van der Waals surface area contributed by atoms with Gasteiger partial charge in [0.05, 0.1) is 12.2 Å². The minimum Gasteiger partial charge on any atom is -0.494 e. The number of nitrogens with zero attached hydrogens (tertiary/aromatic N) is 3. The zero-order valence-electron chi connectivity index (χ0n) is 13.1. The molecule has 1 aliphatic heterocycles. The molecule has 7 nitrogen and oxygen atoms in total. The van der Waals surface area contributed by atoms with Crippen LogP contribution in [0.3, 0.4) is 0 Å². The molecule has 1 aromatic heterocycles. The number of aromatic nitrogens is 3. The molecular weight excluding hydrogens is 294 g/mol. The van der Waals surface area contributed by atoms with Gasteiger partial charge in [-0.3, -0.25) is 4.79 Å². The number of allylic oxidation sites excluding steroid dienone is 1. The van der Waals surface area contributed by atoms with E-state index in [-0.39, 0.29) is 0 Å². The third-order valence-electron chi connectivity index (χ3n) is 3.71. The Kier molecular flexibility index (Phi) is 4.01. The van der Waals surface area contributed by atoms with E-state index in [1.54, 1.807) is 4.68 Å². The summed E-state index contributed by atoms with van der Waals surface area (Å²) < 4.78 is 7.34. The van der Waals surface area contributed by atoms with E-state index < -0.39 is 11.9 Å². The van der Waals surface area contributed by atoms with Crippen LogP contribution in [0.25, 0.3) is 0 Å². The SMILES string of the molecule is CCCOc1cccc([C@H]2C(C(N)=O)=C(C)Nc3ncnn32)c1. The smallest absolute Gasteiger partial charge is 0.248 e. The van der Waals surface area contributed by atoms with Crippen LogP contribution < -0.4 is 15.8 Å². The van der Waals surface area contributed by atoms with E-state index in [1.807, 2.05) is 31.2 Å². The third kappa shape index (κ3) is 2.77. The first kappa shape index (κ1) is 15.1. The van der Waals surface area contributed by atoms with E-state index in [0.717, 1.165) is 17.7 Å². The molecule has 3 N–H and O–H groups in total. The number of primary amides is 1. The van der Waals surface area contributed by atoms with Gasteiger partial charge in [-0.25, -0.2) is 4.68 Å². The molecule has 0 unspecified atom stereocenters. The molecule has 120 valence electrons. The summed E-state index contributed by atoms with van der Waals surface area (Å²) in [5.74, 6) is 0.851. The van der Waals surface area contributed by atoms with E-state index in [4.69, 9.17) is 10.5 Å². The van der Waals surface area contributed by atoms with Crippen LogP contribution in [0.2, 0.25) is 0 Å². The number of amides is 1. The maximum absolute atomic E-state index is 12.0. The monoisotopic (exact) mass is 313 g/mol. The molecule has 1 aliphatic rings. The summed E-state index contributed by atoms with van der Waals surface area (Å²) in [5, 5.41) is 7.29. The van der Waals surface area contributed by atoms with E-state index in [0.29, 0.717) is 23.8 Å². The molecule has 0 aliphatic carbocycles. The Bertz CT molecular complexity index is 765. The zero-order valence-corrected chi connectivity index (χ0v) is 13.1. The molecule has 1 amide bonds. The molecule has 23 heavy (non-hydrogen) atoms. The highest BCUT2D eigenvalue weighted by molar-refractivity contribution is 5.95. The van der Waals surface area contributed by atoms with Crippen LogP contribution in [0.15, 0.2) is 41.9 Å². The minimum atomic E-state index is -0.485. The molecule has 2 heterocycles. The first-order valence-electron chi connectivity index (χ1n) is 7.51. The molecule has 1 atom stereocenters. The molecule has 2 aromatic rings. The number of nitrogens with two attached hydrogens (primary N) is 1. The second-order valence-electron chi connectivity index (χ2n) is 5.38. The summed E-state index contributed by atoms with van der Waals surface area (Å²) in [5.41, 5.74) is 7.63. The van der Waals surface area contributed by atoms with Crippen molar-refractivity contribution in [3.63, 3.8) is 0 Å². The van der Waals surface area contributed by atoms with Crippen molar-refractivity contribution in [3.8, 4) is 5.75 Å². The summed E-state index contributed by atoms with van der Waals surface area (Å²) in [4.78, 5) is 16.1. The van der Waals surface area contributed by atoms with Crippen molar-refractivity contribution in [2.75, 3.05) is 11.9 Å². The van der Waals surface area contributed by atoms with Gasteiger partial charge in [-0.2, -0.15) is 10.1 Å². The molecule has 1 aromatic carbocycles. The van der Waals surface area contributed by atoms with Gasteiger partial charge in [0.15, 0.2) is 0 Å². The van der Waals surface area contributed by atoms with Crippen molar-refractivity contribution in [2.45, 2.75) is 26.3 Å². The fraction of sp³-hybridized carbons (Fsp3) is 0.312. The lowest BCUT2D eigenvalue weighted by atomic mass is 9.95. The standard InChI is InChI=1S/C16H19N5O2/c1-3-7-23-12-6-4-5-11(8-12)14-13(15(17)22)10(2)20-16-18-9-19-21(14)16/h4-6,8-9,14H,3,7H2,1-2H3,(H2,17,22)(H,18,19,20)/t14-/m0/s1. The molecule has 0 fully saturated rings. The predicted octanol–water partition coefficient (Wildman–Crippen LogP) is 1.84. The minimum absolute atomic E-state index is 0.420. The van der Waals surface area contributed by atoms with E-state index in [2.05, 4.69) is 22.3 Å². The van der Waals surface area contributed by atoms with Gasteiger partial charge < -0.3 is 15.8 Å². The molecular formula is C16H19N5O2. The largest absolute Gasteiger partial charge is 0.494 e. The second kappa shape index (κ2) is 6.12. The average Bonchev–Trinajstić information content (AvgIpc) is 2.99. The number of carbonyl (C=O) groups is 1. The Morgan fingerprint density at radius 3 is 3.04 bits per heavy atom. The summed E-state index contributed by atoms with van der Waals surface area (Å²) in [6.07, 6.45) is 2.38. The zero-order chi connectivity index (χ0) is 16.4. The average molecular weight is 313 g/mol. The Morgan fingerprint density at radius 2 is 2.30 bits per heavy atom. The van der Waals surface area contributed by atoms with Gasteiger partial charge in [-0.1, -0.05) is 19.1 Å². The normalized spacial score (nSPS) is 16.7. The molecule has 0 saturated heterocycles. The van der Waals surface area contributed by atoms with Crippen molar-refractivity contribution >= 4 is 11.9 Å². The highest BCUT2D eigenvalue weighted by atomic mass is 16.5. The van der Waals surface area contributed by atoms with Crippen molar-refractivity contribution in [1.29, 1.82) is 0 Å². The van der Waals surface area contributed by atoms with Crippen LogP contribution >= 0.6 is 0 Å². The number of nitrogens with one attached hydrogen (secondary N) is 1. The van der Waals surface area contributed by atoms with Gasteiger partial charge in [0, 0.05) is 5.70 Å². The van der Waals surface area contributed by atoms with Crippen LogP contribution in [0, 0.1) is 0 Å². The number of anilines is 1. The van der Waals surface area contributed by atoms with Crippen LogP contribution in [-0.4, -0.2) is 27.3 Å². The number of fused-ring (bicyclic) bond motifs is 1. The molecule has 0 bridgehead atoms. The van der Waals surface area contributed by atoms with E-state index >= 15 is 0 Å². The van der Waals surface area contributed by atoms with Gasteiger partial charge >= 0.3 is 0 Å². The Morgan fingerprint density at radius 1 is 1.48 bits per heavy atom. The van der Waals surface area contributed by atoms with Crippen LogP contribution in [0.5, 0.6) is 5.75 Å². The number of benzene rings is 1. The lowest BCUT2D eigenvalue weighted by Gasteiger charge is -2.27. The topological polar surface area (TPSA) is 95.1 Å². The van der Waals surface area contributed by atoms with Crippen molar-refractivity contribution < 1.29 is 9.53 Å². The fourth-order valence-corrected chi connectivity index (χ4v) is 2.71. The second-order valence-corrected chi connectivity index (χ2v) is 5.38. The maximum atomic E-state index is 12.0. The number of hydrogen-bond acceptors (Lipinski definition) is 5. The lowest BCUT2D eigenvalue weighted by molar-refractivity contribution is -0.115. The number of rotatable bonds is 5. The van der Waals surface area contributed by atoms with Crippen LogP contribution in [0.4, 0.5) is 5.95 Å². The number of ether oxygens (including phenoxy) is 1. The first-order chi connectivity index (χ1) is 11.1. The van der Waals surface area contributed by atoms with Crippen LogP contribution in [-0.2, 0) is 4.79 Å². The highest BCUT2D eigenvalue weighted by Gasteiger charge is 2.32. The number of carbonyl (C=O) groups excluding carboxylic acids is 1. The van der Waals surface area contributed by atoms with Gasteiger partial charge in [-0.05, 0) is 31.0 Å². The van der Waals surface area contributed by atoms with Crippen LogP contribution in [0.1, 0.15) is 31.9 Å². The predicted molar refractivity (Wildman–Crippen MR) is 85.9 cm³/mol. The summed E-state index contributed by atoms with van der Waals surface area (Å²) >= 11 is 0. The summed E-state index contributed by atoms with van der Waals surface area (Å²) in [6.45, 7) is 4.50. The van der Waals surface area contributed by atoms with Crippen molar-refractivity contribution in [2.24, 2.45) is 5.73 Å². The summed E-state index contributed by atoms with van der Waals surface area (Å²) in [7, 11) is 0. The van der Waals surface area contributed by atoms with Gasteiger partial charge in [0.1, 0.15) is 18.1 Å². The fourth-order valence-electron chi connectivity index (χ4n) is 2.71. The van der Waals surface area contributed by atoms with Crippen molar-refractivity contribution in [3.05, 3.63) is 47.4 Å². The van der Waals surface area contributed by atoms with E-state index in [9.17, 15) is 4.79 Å². The molecule has 3 rings (SSSR count). The lowest BCUT2D eigenvalue weighted by Crippen LogP contribution is -2.31. The molecule has 0 saturated carbocycles. The molecule has 0 radical (unpaired) electrons.